The molecular formula is C35H42F8O4. The van der Waals surface area contributed by atoms with E-state index in [1.54, 1.807) is 6.07 Å². The molecule has 2 aliphatic carbocycles. The quantitative estimate of drug-likeness (QED) is 0.175. The summed E-state index contributed by atoms with van der Waals surface area (Å²) in [5.74, 6) is -6.21. The van der Waals surface area contributed by atoms with Crippen molar-refractivity contribution >= 4 is 0 Å². The van der Waals surface area contributed by atoms with Crippen LogP contribution >= 0.6 is 0 Å². The highest BCUT2D eigenvalue weighted by atomic mass is 19.4. The molecule has 0 unspecified atom stereocenters. The standard InChI is InChI=1S/C35H42F8O4/c1-2-3-4-5-21-19-44-33(45-20-21)23-6-11-26(12-7-23)34(39,40)46-27-13-8-22(9-14-27)24-10-15-28(29(36)16-24)25-17-30(37)32(31(38)18-25)47-35(41,42)43/h10,15-18,21-23,26-27,33H,2-9,11-14,19-20H2,1H3. The zero-order valence-corrected chi connectivity index (χ0v) is 26.4. The van der Waals surface area contributed by atoms with Crippen LogP contribution in [0.5, 0.6) is 5.75 Å². The molecule has 0 bridgehead atoms. The van der Waals surface area contributed by atoms with Crippen LogP contribution in [0.4, 0.5) is 35.1 Å². The Hall–Kier alpha value is -2.44. The molecule has 0 aromatic heterocycles. The molecule has 4 nitrogen and oxygen atoms in total. The predicted molar refractivity (Wildman–Crippen MR) is 158 cm³/mol. The smallest absolute Gasteiger partial charge is 0.399 e. The van der Waals surface area contributed by atoms with Gasteiger partial charge in [0.2, 0.25) is 5.75 Å². The highest BCUT2D eigenvalue weighted by molar-refractivity contribution is 5.66. The summed E-state index contributed by atoms with van der Waals surface area (Å²) in [5, 5.41) is 0. The van der Waals surface area contributed by atoms with E-state index in [0.717, 1.165) is 12.8 Å². The van der Waals surface area contributed by atoms with Gasteiger partial charge >= 0.3 is 12.5 Å². The summed E-state index contributed by atoms with van der Waals surface area (Å²) in [5.41, 5.74) is 0.0917. The molecule has 1 heterocycles. The molecule has 2 aromatic carbocycles. The molecule has 3 aliphatic rings. The highest BCUT2D eigenvalue weighted by Crippen LogP contribution is 2.45. The molecule has 2 saturated carbocycles. The first-order valence-corrected chi connectivity index (χ1v) is 16.7. The van der Waals surface area contributed by atoms with Crippen LogP contribution in [0, 0.1) is 35.2 Å². The second-order valence-corrected chi connectivity index (χ2v) is 13.2. The van der Waals surface area contributed by atoms with Gasteiger partial charge in [0, 0.05) is 17.4 Å². The van der Waals surface area contributed by atoms with Crippen molar-refractivity contribution in [2.24, 2.45) is 17.8 Å². The molecule has 0 radical (unpaired) electrons. The number of alkyl halides is 5. The second kappa shape index (κ2) is 15.4. The average Bonchev–Trinajstić information content (AvgIpc) is 3.03. The van der Waals surface area contributed by atoms with Crippen molar-refractivity contribution in [3.05, 3.63) is 53.3 Å². The molecule has 5 rings (SSSR count). The number of hydrogen-bond acceptors (Lipinski definition) is 4. The van der Waals surface area contributed by atoms with Gasteiger partial charge in [-0.25, -0.2) is 13.2 Å². The van der Waals surface area contributed by atoms with Gasteiger partial charge in [0.15, 0.2) is 17.9 Å². The molecule has 1 saturated heterocycles. The molecule has 3 fully saturated rings. The van der Waals surface area contributed by atoms with Crippen LogP contribution in [0.3, 0.4) is 0 Å². The summed E-state index contributed by atoms with van der Waals surface area (Å²) < 4.78 is 132. The van der Waals surface area contributed by atoms with Gasteiger partial charge in [-0.15, -0.1) is 13.2 Å². The van der Waals surface area contributed by atoms with Gasteiger partial charge in [-0.2, -0.15) is 8.78 Å². The Kier molecular flexibility index (Phi) is 11.8. The lowest BCUT2D eigenvalue weighted by atomic mass is 9.80. The summed E-state index contributed by atoms with van der Waals surface area (Å²) in [6, 6.07) is 5.21. The Bertz CT molecular complexity index is 1290. The maximum absolute atomic E-state index is 15.3. The molecule has 0 N–H and O–H groups in total. The third-order valence-corrected chi connectivity index (χ3v) is 9.83. The monoisotopic (exact) mass is 678 g/mol. The number of ether oxygens (including phenoxy) is 4. The van der Waals surface area contributed by atoms with Crippen LogP contribution < -0.4 is 4.74 Å². The van der Waals surface area contributed by atoms with Crippen molar-refractivity contribution in [3.8, 4) is 16.9 Å². The van der Waals surface area contributed by atoms with E-state index < -0.39 is 47.7 Å². The average molecular weight is 679 g/mol. The molecule has 0 atom stereocenters. The van der Waals surface area contributed by atoms with Gasteiger partial charge < -0.3 is 18.9 Å². The molecule has 0 amide bonds. The molecule has 2 aromatic rings. The summed E-state index contributed by atoms with van der Waals surface area (Å²) >= 11 is 0. The highest BCUT2D eigenvalue weighted by Gasteiger charge is 2.46. The number of hydrogen-bond donors (Lipinski definition) is 0. The Balaban J connectivity index is 1.09. The van der Waals surface area contributed by atoms with Gasteiger partial charge in [0.1, 0.15) is 5.82 Å². The molecule has 262 valence electrons. The van der Waals surface area contributed by atoms with E-state index in [0.29, 0.717) is 88.2 Å². The number of halogens is 8. The van der Waals surface area contributed by atoms with Gasteiger partial charge in [-0.1, -0.05) is 38.3 Å². The maximum atomic E-state index is 15.3. The van der Waals surface area contributed by atoms with E-state index in [4.69, 9.17) is 14.2 Å². The first-order chi connectivity index (χ1) is 22.3. The minimum absolute atomic E-state index is 0.0988. The number of unbranched alkanes of at least 4 members (excludes halogenated alkanes) is 2. The molecular weight excluding hydrogens is 636 g/mol. The van der Waals surface area contributed by atoms with Crippen molar-refractivity contribution in [2.75, 3.05) is 13.2 Å². The fourth-order valence-corrected chi connectivity index (χ4v) is 7.19. The van der Waals surface area contributed by atoms with Crippen LogP contribution in [0.1, 0.15) is 95.5 Å². The zero-order valence-electron chi connectivity index (χ0n) is 26.4. The van der Waals surface area contributed by atoms with E-state index in [2.05, 4.69) is 11.7 Å². The molecule has 0 spiro atoms. The zero-order chi connectivity index (χ0) is 33.8. The van der Waals surface area contributed by atoms with Crippen molar-refractivity contribution in [2.45, 2.75) is 115 Å². The minimum atomic E-state index is -5.30. The van der Waals surface area contributed by atoms with Gasteiger partial charge in [-0.05, 0) is 93.0 Å². The van der Waals surface area contributed by atoms with Crippen molar-refractivity contribution in [1.29, 1.82) is 0 Å². The third-order valence-electron chi connectivity index (χ3n) is 9.83. The SMILES string of the molecule is CCCCCC1COC(C2CCC(C(F)(F)OC3CCC(c4ccc(-c5cc(F)c(OC(F)(F)F)c(F)c5)c(F)c4)CC3)CC2)OC1. The third kappa shape index (κ3) is 9.38. The summed E-state index contributed by atoms with van der Waals surface area (Å²) in [6.45, 7) is 3.48. The van der Waals surface area contributed by atoms with E-state index in [9.17, 15) is 22.0 Å². The fourth-order valence-electron chi connectivity index (χ4n) is 7.19. The fraction of sp³-hybridized carbons (Fsp3) is 0.657. The Morgan fingerprint density at radius 1 is 0.766 bits per heavy atom. The van der Waals surface area contributed by atoms with E-state index in [1.807, 2.05) is 0 Å². The lowest BCUT2D eigenvalue weighted by Gasteiger charge is -2.40. The van der Waals surface area contributed by atoms with Crippen LogP contribution in [0.15, 0.2) is 30.3 Å². The normalized spacial score (nSPS) is 27.5. The summed E-state index contributed by atoms with van der Waals surface area (Å²) in [4.78, 5) is 0. The predicted octanol–water partition coefficient (Wildman–Crippen LogP) is 10.7. The first-order valence-electron chi connectivity index (χ1n) is 16.7. The largest absolute Gasteiger partial charge is 0.573 e. The van der Waals surface area contributed by atoms with E-state index in [-0.39, 0.29) is 29.3 Å². The lowest BCUT2D eigenvalue weighted by molar-refractivity contribution is -0.305. The summed E-state index contributed by atoms with van der Waals surface area (Å²) in [7, 11) is 0. The van der Waals surface area contributed by atoms with Crippen molar-refractivity contribution in [3.63, 3.8) is 0 Å². The van der Waals surface area contributed by atoms with Crippen LogP contribution in [-0.4, -0.2) is 38.1 Å². The van der Waals surface area contributed by atoms with Gasteiger partial charge in [-0.3, -0.25) is 0 Å². The van der Waals surface area contributed by atoms with Crippen LogP contribution in [-0.2, 0) is 14.2 Å². The van der Waals surface area contributed by atoms with Crippen LogP contribution in [0.2, 0.25) is 0 Å². The van der Waals surface area contributed by atoms with E-state index >= 15 is 13.2 Å². The first kappa shape index (κ1) is 35.9. The summed E-state index contributed by atoms with van der Waals surface area (Å²) in [6.07, 6.45) is -1.41. The maximum Gasteiger partial charge on any atom is 0.573 e. The molecule has 47 heavy (non-hydrogen) atoms. The Morgan fingerprint density at radius 3 is 1.98 bits per heavy atom. The van der Waals surface area contributed by atoms with E-state index in [1.165, 1.54) is 25.0 Å². The van der Waals surface area contributed by atoms with Gasteiger partial charge in [0.25, 0.3) is 0 Å². The number of rotatable bonds is 11. The molecule has 1 aliphatic heterocycles. The van der Waals surface area contributed by atoms with Crippen molar-refractivity contribution < 1.29 is 54.1 Å². The molecule has 12 heteroatoms. The Labute approximate surface area is 270 Å². The van der Waals surface area contributed by atoms with Crippen molar-refractivity contribution in [1.82, 2.24) is 0 Å². The topological polar surface area (TPSA) is 36.9 Å². The second-order valence-electron chi connectivity index (χ2n) is 13.2. The lowest BCUT2D eigenvalue weighted by Crippen LogP contribution is -2.42. The minimum Gasteiger partial charge on any atom is -0.399 e. The number of benzene rings is 2. The Morgan fingerprint density at radius 2 is 1.40 bits per heavy atom. The van der Waals surface area contributed by atoms with Gasteiger partial charge in [0.05, 0.1) is 25.2 Å². The van der Waals surface area contributed by atoms with Crippen LogP contribution in [0.25, 0.3) is 11.1 Å².